The topological polar surface area (TPSA) is 49.3 Å². The number of pyridine rings is 2. The van der Waals surface area contributed by atoms with Crippen molar-refractivity contribution in [2.75, 3.05) is 31.1 Å². The summed E-state index contributed by atoms with van der Waals surface area (Å²) in [5, 5.41) is 1.36. The summed E-state index contributed by atoms with van der Waals surface area (Å²) in [6.07, 6.45) is 3.49. The number of anilines is 1. The number of carbonyl (C=O) groups is 1. The monoisotopic (exact) mass is 428 g/mol. The lowest BCUT2D eigenvalue weighted by molar-refractivity contribution is 0.0748. The Hall–Kier alpha value is -3.44. The highest BCUT2D eigenvalue weighted by Crippen LogP contribution is 2.28. The predicted octanol–water partition coefficient (Wildman–Crippen LogP) is 4.91. The summed E-state index contributed by atoms with van der Waals surface area (Å²) >= 11 is 6.26. The fourth-order valence-corrected chi connectivity index (χ4v) is 4.19. The molecule has 0 spiro atoms. The van der Waals surface area contributed by atoms with Gasteiger partial charge in [-0.3, -0.25) is 9.78 Å². The van der Waals surface area contributed by atoms with E-state index >= 15 is 0 Å². The molecule has 2 aromatic carbocycles. The van der Waals surface area contributed by atoms with Gasteiger partial charge in [-0.15, -0.1) is 0 Å². The van der Waals surface area contributed by atoms with E-state index in [2.05, 4.69) is 22.0 Å². The van der Waals surface area contributed by atoms with E-state index < -0.39 is 0 Å². The van der Waals surface area contributed by atoms with Crippen LogP contribution in [0.1, 0.15) is 10.4 Å². The molecular weight excluding hydrogens is 408 g/mol. The lowest BCUT2D eigenvalue weighted by Gasteiger charge is -2.36. The van der Waals surface area contributed by atoms with Crippen LogP contribution in [0.2, 0.25) is 5.02 Å². The molecule has 0 unspecified atom stereocenters. The van der Waals surface area contributed by atoms with Gasteiger partial charge in [-0.05, 0) is 48.5 Å². The third-order valence-electron chi connectivity index (χ3n) is 5.65. The first-order chi connectivity index (χ1) is 15.2. The maximum Gasteiger partial charge on any atom is 0.254 e. The molecule has 0 radical (unpaired) electrons. The molecular formula is C25H21ClN4O. The zero-order valence-electron chi connectivity index (χ0n) is 16.9. The van der Waals surface area contributed by atoms with Crippen molar-refractivity contribution < 1.29 is 4.79 Å². The first-order valence-corrected chi connectivity index (χ1v) is 10.7. The molecule has 2 aromatic heterocycles. The number of carbonyl (C=O) groups excluding carboxylic acids is 1. The zero-order chi connectivity index (χ0) is 21.2. The molecule has 1 fully saturated rings. The van der Waals surface area contributed by atoms with E-state index in [-0.39, 0.29) is 5.91 Å². The predicted molar refractivity (Wildman–Crippen MR) is 125 cm³/mol. The smallest absolute Gasteiger partial charge is 0.254 e. The van der Waals surface area contributed by atoms with Gasteiger partial charge in [0.25, 0.3) is 5.91 Å². The highest BCUT2D eigenvalue weighted by molar-refractivity contribution is 6.31. The summed E-state index contributed by atoms with van der Waals surface area (Å²) in [7, 11) is 0. The first kappa shape index (κ1) is 19.5. The van der Waals surface area contributed by atoms with Gasteiger partial charge in [-0.25, -0.2) is 4.98 Å². The zero-order valence-corrected chi connectivity index (χ0v) is 17.7. The average Bonchev–Trinajstić information content (AvgIpc) is 2.84. The van der Waals surface area contributed by atoms with E-state index in [0.29, 0.717) is 23.7 Å². The summed E-state index contributed by atoms with van der Waals surface area (Å²) < 4.78 is 0. The Morgan fingerprint density at radius 3 is 2.45 bits per heavy atom. The van der Waals surface area contributed by atoms with E-state index in [1.807, 2.05) is 53.4 Å². The van der Waals surface area contributed by atoms with E-state index in [1.54, 1.807) is 18.5 Å². The Balaban J connectivity index is 1.47. The van der Waals surface area contributed by atoms with Crippen LogP contribution < -0.4 is 4.90 Å². The molecule has 0 saturated carbocycles. The van der Waals surface area contributed by atoms with Gasteiger partial charge in [0.15, 0.2) is 0 Å². The highest BCUT2D eigenvalue weighted by Gasteiger charge is 2.24. The second kappa shape index (κ2) is 8.36. The van der Waals surface area contributed by atoms with Crippen LogP contribution in [0.15, 0.2) is 79.1 Å². The number of halogens is 1. The summed E-state index contributed by atoms with van der Waals surface area (Å²) in [6, 6.07) is 21.5. The van der Waals surface area contributed by atoms with Crippen LogP contribution in [0.5, 0.6) is 0 Å². The highest BCUT2D eigenvalue weighted by atomic mass is 35.5. The van der Waals surface area contributed by atoms with Crippen molar-refractivity contribution in [1.82, 2.24) is 14.9 Å². The minimum Gasteiger partial charge on any atom is -0.368 e. The van der Waals surface area contributed by atoms with E-state index in [4.69, 9.17) is 16.6 Å². The summed E-state index contributed by atoms with van der Waals surface area (Å²) in [6.45, 7) is 2.94. The number of rotatable bonds is 3. The fourth-order valence-electron chi connectivity index (χ4n) is 4.01. The summed E-state index contributed by atoms with van der Waals surface area (Å²) in [4.78, 5) is 26.7. The van der Waals surface area contributed by atoms with Crippen LogP contribution in [-0.2, 0) is 0 Å². The molecule has 0 N–H and O–H groups in total. The van der Waals surface area contributed by atoms with Crippen LogP contribution in [-0.4, -0.2) is 47.0 Å². The maximum atomic E-state index is 13.6. The third kappa shape index (κ3) is 3.97. The maximum absolute atomic E-state index is 13.6. The molecule has 1 aliphatic heterocycles. The lowest BCUT2D eigenvalue weighted by atomic mass is 10.0. The van der Waals surface area contributed by atoms with Gasteiger partial charge in [0.1, 0.15) is 0 Å². The number of fused-ring (bicyclic) bond motifs is 1. The van der Waals surface area contributed by atoms with Crippen LogP contribution in [0, 0.1) is 0 Å². The Labute approximate surface area is 185 Å². The van der Waals surface area contributed by atoms with Gasteiger partial charge in [-0.1, -0.05) is 29.8 Å². The van der Waals surface area contributed by atoms with Gasteiger partial charge >= 0.3 is 0 Å². The SMILES string of the molecule is O=C(c1cc(-c2cccnc2)nc2ccc(Cl)cc12)N1CCN(c2ccccc2)CC1. The van der Waals surface area contributed by atoms with Crippen molar-refractivity contribution >= 4 is 34.1 Å². The molecule has 4 aromatic rings. The number of para-hydroxylation sites is 1. The number of hydrogen-bond acceptors (Lipinski definition) is 4. The van der Waals surface area contributed by atoms with Gasteiger partial charge in [-0.2, -0.15) is 0 Å². The largest absolute Gasteiger partial charge is 0.368 e. The molecule has 6 heteroatoms. The van der Waals surface area contributed by atoms with Crippen molar-refractivity contribution in [3.63, 3.8) is 0 Å². The molecule has 1 aliphatic rings. The number of amides is 1. The number of piperazine rings is 1. The number of nitrogens with zero attached hydrogens (tertiary/aromatic N) is 4. The molecule has 0 aliphatic carbocycles. The Morgan fingerprint density at radius 1 is 0.903 bits per heavy atom. The lowest BCUT2D eigenvalue weighted by Crippen LogP contribution is -2.48. The standard InChI is InChI=1S/C25H21ClN4O/c26-19-8-9-23-21(15-19)22(16-24(28-23)18-5-4-10-27-17-18)25(31)30-13-11-29(12-14-30)20-6-2-1-3-7-20/h1-10,15-17H,11-14H2. The van der Waals surface area contributed by atoms with Crippen molar-refractivity contribution in [3.05, 3.63) is 89.7 Å². The quantitative estimate of drug-likeness (QED) is 0.465. The molecule has 5 rings (SSSR count). The van der Waals surface area contributed by atoms with E-state index in [9.17, 15) is 4.79 Å². The second-order valence-electron chi connectivity index (χ2n) is 7.57. The van der Waals surface area contributed by atoms with Gasteiger partial charge < -0.3 is 9.80 Å². The molecule has 5 nitrogen and oxygen atoms in total. The molecule has 0 atom stereocenters. The van der Waals surface area contributed by atoms with Crippen LogP contribution in [0.25, 0.3) is 22.2 Å². The Bertz CT molecular complexity index is 1220. The number of aromatic nitrogens is 2. The molecule has 1 saturated heterocycles. The van der Waals surface area contributed by atoms with Crippen molar-refractivity contribution in [3.8, 4) is 11.3 Å². The van der Waals surface area contributed by atoms with Crippen molar-refractivity contribution in [2.24, 2.45) is 0 Å². The molecule has 31 heavy (non-hydrogen) atoms. The summed E-state index contributed by atoms with van der Waals surface area (Å²) in [5.74, 6) is 0.00696. The molecule has 0 bridgehead atoms. The van der Waals surface area contributed by atoms with Crippen molar-refractivity contribution in [2.45, 2.75) is 0 Å². The van der Waals surface area contributed by atoms with Crippen LogP contribution >= 0.6 is 11.6 Å². The number of benzene rings is 2. The first-order valence-electron chi connectivity index (χ1n) is 10.3. The molecule has 3 heterocycles. The summed E-state index contributed by atoms with van der Waals surface area (Å²) in [5.41, 5.74) is 4.17. The second-order valence-corrected chi connectivity index (χ2v) is 8.01. The van der Waals surface area contributed by atoms with Gasteiger partial charge in [0.05, 0.1) is 16.8 Å². The van der Waals surface area contributed by atoms with E-state index in [0.717, 1.165) is 35.2 Å². The van der Waals surface area contributed by atoms with Crippen LogP contribution in [0.3, 0.4) is 0 Å². The molecule has 1 amide bonds. The Morgan fingerprint density at radius 2 is 1.71 bits per heavy atom. The van der Waals surface area contributed by atoms with E-state index in [1.165, 1.54) is 5.69 Å². The third-order valence-corrected chi connectivity index (χ3v) is 5.88. The number of hydrogen-bond donors (Lipinski definition) is 0. The fraction of sp³-hybridized carbons (Fsp3) is 0.160. The van der Waals surface area contributed by atoms with Gasteiger partial charge in [0, 0.05) is 60.2 Å². The Kier molecular flexibility index (Phi) is 5.26. The average molecular weight is 429 g/mol. The molecule has 154 valence electrons. The minimum absolute atomic E-state index is 0.00696. The van der Waals surface area contributed by atoms with Crippen LogP contribution in [0.4, 0.5) is 5.69 Å². The van der Waals surface area contributed by atoms with Crippen molar-refractivity contribution in [1.29, 1.82) is 0 Å². The van der Waals surface area contributed by atoms with Gasteiger partial charge in [0.2, 0.25) is 0 Å². The minimum atomic E-state index is 0.00696. The normalized spacial score (nSPS) is 14.1.